The lowest BCUT2D eigenvalue weighted by Crippen LogP contribution is -2.22. The fourth-order valence-electron chi connectivity index (χ4n) is 1.53. The highest BCUT2D eigenvalue weighted by molar-refractivity contribution is 5.85. The molecule has 0 amide bonds. The Kier molecular flexibility index (Phi) is 1.31. The van der Waals surface area contributed by atoms with Gasteiger partial charge in [-0.05, 0) is 25.0 Å². The van der Waals surface area contributed by atoms with Gasteiger partial charge in [-0.3, -0.25) is 0 Å². The van der Waals surface area contributed by atoms with Gasteiger partial charge in [0.1, 0.15) is 0 Å². The SMILES string of the molecule is N#CC1=CC2(C=CC(=O)O2)CC1. The van der Waals surface area contributed by atoms with E-state index in [1.807, 2.05) is 0 Å². The fraction of sp³-hybridized carbons (Fsp3) is 0.333. The summed E-state index contributed by atoms with van der Waals surface area (Å²) in [6.07, 6.45) is 6.27. The summed E-state index contributed by atoms with van der Waals surface area (Å²) in [6, 6.07) is 2.07. The number of nitriles is 1. The lowest BCUT2D eigenvalue weighted by Gasteiger charge is -2.16. The van der Waals surface area contributed by atoms with Gasteiger partial charge in [0.15, 0.2) is 5.60 Å². The molecule has 2 aliphatic rings. The lowest BCUT2D eigenvalue weighted by atomic mass is 10.1. The van der Waals surface area contributed by atoms with E-state index in [9.17, 15) is 4.79 Å². The Labute approximate surface area is 69.9 Å². The van der Waals surface area contributed by atoms with Crippen LogP contribution in [0.2, 0.25) is 0 Å². The van der Waals surface area contributed by atoms with E-state index in [1.54, 1.807) is 12.2 Å². The van der Waals surface area contributed by atoms with Crippen molar-refractivity contribution < 1.29 is 9.53 Å². The van der Waals surface area contributed by atoms with Crippen LogP contribution < -0.4 is 0 Å². The number of carbonyl (C=O) groups excluding carboxylic acids is 1. The van der Waals surface area contributed by atoms with Crippen molar-refractivity contribution in [1.29, 1.82) is 5.26 Å². The van der Waals surface area contributed by atoms with E-state index in [-0.39, 0.29) is 5.97 Å². The quantitative estimate of drug-likeness (QED) is 0.499. The minimum absolute atomic E-state index is 0.314. The second-order valence-corrected chi connectivity index (χ2v) is 2.99. The second kappa shape index (κ2) is 2.21. The van der Waals surface area contributed by atoms with E-state index < -0.39 is 5.60 Å². The molecule has 3 heteroatoms. The average molecular weight is 161 g/mol. The number of rotatable bonds is 0. The summed E-state index contributed by atoms with van der Waals surface area (Å²) in [5, 5.41) is 8.59. The molecule has 0 N–H and O–H groups in total. The van der Waals surface area contributed by atoms with Crippen molar-refractivity contribution >= 4 is 5.97 Å². The molecule has 1 atom stereocenters. The van der Waals surface area contributed by atoms with Crippen LogP contribution in [0.1, 0.15) is 12.8 Å². The Bertz CT molecular complexity index is 335. The molecule has 0 radical (unpaired) electrons. The first-order valence-electron chi connectivity index (χ1n) is 3.78. The molecule has 0 bridgehead atoms. The van der Waals surface area contributed by atoms with Gasteiger partial charge >= 0.3 is 5.97 Å². The zero-order valence-electron chi connectivity index (χ0n) is 6.41. The van der Waals surface area contributed by atoms with Gasteiger partial charge in [0, 0.05) is 11.6 Å². The van der Waals surface area contributed by atoms with E-state index in [1.165, 1.54) is 6.08 Å². The van der Waals surface area contributed by atoms with Crippen LogP contribution in [0.3, 0.4) is 0 Å². The van der Waals surface area contributed by atoms with Crippen LogP contribution in [-0.2, 0) is 9.53 Å². The molecule has 0 aromatic carbocycles. The Morgan fingerprint density at radius 2 is 2.50 bits per heavy atom. The molecule has 12 heavy (non-hydrogen) atoms. The van der Waals surface area contributed by atoms with Crippen LogP contribution in [0.4, 0.5) is 0 Å². The standard InChI is InChI=1S/C9H7NO2/c10-6-7-1-3-9(5-7)4-2-8(11)12-9/h2,4-5H,1,3H2. The molecule has 3 nitrogen and oxygen atoms in total. The number of carbonyl (C=O) groups is 1. The predicted molar refractivity (Wildman–Crippen MR) is 40.9 cm³/mol. The van der Waals surface area contributed by atoms with Crippen molar-refractivity contribution in [2.24, 2.45) is 0 Å². The number of hydrogen-bond acceptors (Lipinski definition) is 3. The van der Waals surface area contributed by atoms with Crippen LogP contribution in [0.15, 0.2) is 23.8 Å². The highest BCUT2D eigenvalue weighted by atomic mass is 16.6. The molecule has 1 unspecified atom stereocenters. The highest BCUT2D eigenvalue weighted by Crippen LogP contribution is 2.35. The van der Waals surface area contributed by atoms with Crippen molar-refractivity contribution in [2.75, 3.05) is 0 Å². The van der Waals surface area contributed by atoms with Crippen LogP contribution in [0.25, 0.3) is 0 Å². The summed E-state index contributed by atoms with van der Waals surface area (Å²) in [7, 11) is 0. The van der Waals surface area contributed by atoms with E-state index >= 15 is 0 Å². The maximum atomic E-state index is 10.8. The molecule has 0 fully saturated rings. The third-order valence-electron chi connectivity index (χ3n) is 2.14. The Hall–Kier alpha value is -1.56. The van der Waals surface area contributed by atoms with Crippen LogP contribution in [0, 0.1) is 11.3 Å². The first kappa shape index (κ1) is 7.11. The molecule has 1 aliphatic carbocycles. The van der Waals surface area contributed by atoms with Gasteiger partial charge in [0.25, 0.3) is 0 Å². The Morgan fingerprint density at radius 3 is 3.00 bits per heavy atom. The maximum absolute atomic E-state index is 10.8. The summed E-state index contributed by atoms with van der Waals surface area (Å²) < 4.78 is 5.06. The van der Waals surface area contributed by atoms with Gasteiger partial charge in [-0.15, -0.1) is 0 Å². The third-order valence-corrected chi connectivity index (χ3v) is 2.14. The largest absolute Gasteiger partial charge is 0.447 e. The number of hydrogen-bond donors (Lipinski definition) is 0. The van der Waals surface area contributed by atoms with Crippen molar-refractivity contribution in [3.8, 4) is 6.07 Å². The zero-order valence-corrected chi connectivity index (χ0v) is 6.41. The van der Waals surface area contributed by atoms with Crippen LogP contribution >= 0.6 is 0 Å². The molecule has 1 spiro atoms. The molecule has 0 saturated carbocycles. The van der Waals surface area contributed by atoms with Gasteiger partial charge in [-0.2, -0.15) is 5.26 Å². The normalized spacial score (nSPS) is 31.9. The minimum Gasteiger partial charge on any atom is -0.447 e. The smallest absolute Gasteiger partial charge is 0.331 e. The first-order valence-corrected chi connectivity index (χ1v) is 3.78. The monoisotopic (exact) mass is 161 g/mol. The van der Waals surface area contributed by atoms with E-state index in [0.717, 1.165) is 0 Å². The Balaban J connectivity index is 2.28. The van der Waals surface area contributed by atoms with Gasteiger partial charge in [-0.1, -0.05) is 0 Å². The summed E-state index contributed by atoms with van der Waals surface area (Å²) in [6.45, 7) is 0. The topological polar surface area (TPSA) is 50.1 Å². The highest BCUT2D eigenvalue weighted by Gasteiger charge is 2.37. The van der Waals surface area contributed by atoms with Crippen LogP contribution in [-0.4, -0.2) is 11.6 Å². The van der Waals surface area contributed by atoms with E-state index in [4.69, 9.17) is 10.00 Å². The number of ether oxygens (including phenoxy) is 1. The molecular weight excluding hydrogens is 154 g/mol. The number of allylic oxidation sites excluding steroid dienone is 1. The van der Waals surface area contributed by atoms with E-state index in [0.29, 0.717) is 18.4 Å². The summed E-state index contributed by atoms with van der Waals surface area (Å²) in [5.41, 5.74) is 0.122. The van der Waals surface area contributed by atoms with Crippen molar-refractivity contribution in [3.63, 3.8) is 0 Å². The minimum atomic E-state index is -0.581. The summed E-state index contributed by atoms with van der Waals surface area (Å²) >= 11 is 0. The molecule has 1 heterocycles. The molecule has 0 aromatic rings. The summed E-state index contributed by atoms with van der Waals surface area (Å²) in [4.78, 5) is 10.8. The van der Waals surface area contributed by atoms with Crippen molar-refractivity contribution in [2.45, 2.75) is 18.4 Å². The van der Waals surface area contributed by atoms with Gasteiger partial charge in [0.05, 0.1) is 6.07 Å². The Morgan fingerprint density at radius 1 is 1.67 bits per heavy atom. The molecule has 0 aromatic heterocycles. The average Bonchev–Trinajstić information content (AvgIpc) is 2.61. The van der Waals surface area contributed by atoms with Crippen LogP contribution in [0.5, 0.6) is 0 Å². The maximum Gasteiger partial charge on any atom is 0.331 e. The third kappa shape index (κ3) is 0.928. The predicted octanol–water partition coefficient (Wildman–Crippen LogP) is 1.08. The van der Waals surface area contributed by atoms with Gasteiger partial charge in [-0.25, -0.2) is 4.79 Å². The number of esters is 1. The molecule has 2 rings (SSSR count). The summed E-state index contributed by atoms with van der Waals surface area (Å²) in [5.74, 6) is -0.314. The lowest BCUT2D eigenvalue weighted by molar-refractivity contribution is -0.142. The van der Waals surface area contributed by atoms with Gasteiger partial charge < -0.3 is 4.74 Å². The molecule has 60 valence electrons. The van der Waals surface area contributed by atoms with Gasteiger partial charge in [0.2, 0.25) is 0 Å². The number of nitrogens with zero attached hydrogens (tertiary/aromatic N) is 1. The van der Waals surface area contributed by atoms with E-state index in [2.05, 4.69) is 6.07 Å². The zero-order chi connectivity index (χ0) is 8.60. The molecule has 0 saturated heterocycles. The second-order valence-electron chi connectivity index (χ2n) is 2.99. The molecular formula is C9H7NO2. The fourth-order valence-corrected chi connectivity index (χ4v) is 1.53. The van der Waals surface area contributed by atoms with Crippen molar-refractivity contribution in [1.82, 2.24) is 0 Å². The van der Waals surface area contributed by atoms with Crippen molar-refractivity contribution in [3.05, 3.63) is 23.8 Å². The first-order chi connectivity index (χ1) is 5.74. The molecule has 1 aliphatic heterocycles.